The highest BCUT2D eigenvalue weighted by Gasteiger charge is 2.24. The zero-order valence-corrected chi connectivity index (χ0v) is 11.6. The Bertz CT molecular complexity index is 276. The van der Waals surface area contributed by atoms with E-state index in [2.05, 4.69) is 28.2 Å². The Kier molecular flexibility index (Phi) is 5.43. The van der Waals surface area contributed by atoms with E-state index < -0.39 is 0 Å². The number of rotatable bonds is 8. The summed E-state index contributed by atoms with van der Waals surface area (Å²) >= 11 is 0. The molecule has 0 aromatic rings. The largest absolute Gasteiger partial charge is 0.305 e. The lowest BCUT2D eigenvalue weighted by molar-refractivity contribution is 0.251. The maximum absolute atomic E-state index is 9.08. The molecule has 1 saturated carbocycles. The number of nitriles is 1. The van der Waals surface area contributed by atoms with Gasteiger partial charge in [0, 0.05) is 25.7 Å². The van der Waals surface area contributed by atoms with E-state index in [-0.39, 0.29) is 6.04 Å². The first-order valence-electron chi connectivity index (χ1n) is 7.34. The topological polar surface area (TPSA) is 42.3 Å². The maximum Gasteiger partial charge on any atom is 0.0967 e. The fraction of sp³-hybridized carbons (Fsp3) is 0.929. The van der Waals surface area contributed by atoms with Crippen molar-refractivity contribution < 1.29 is 0 Å². The first-order valence-corrected chi connectivity index (χ1v) is 7.34. The van der Waals surface area contributed by atoms with Gasteiger partial charge in [-0.1, -0.05) is 0 Å². The average molecular weight is 250 g/mol. The number of nitrogens with one attached hydrogen (secondary N) is 1. The van der Waals surface area contributed by atoms with Crippen molar-refractivity contribution >= 4 is 0 Å². The van der Waals surface area contributed by atoms with Gasteiger partial charge in [0.05, 0.1) is 12.1 Å². The van der Waals surface area contributed by atoms with E-state index in [0.29, 0.717) is 6.04 Å². The van der Waals surface area contributed by atoms with Crippen molar-refractivity contribution in [2.45, 2.75) is 44.2 Å². The molecule has 1 saturated heterocycles. The van der Waals surface area contributed by atoms with Crippen LogP contribution in [0.2, 0.25) is 0 Å². The van der Waals surface area contributed by atoms with Crippen LogP contribution in [0.25, 0.3) is 0 Å². The Morgan fingerprint density at radius 1 is 1.33 bits per heavy atom. The number of hydrogen-bond donors (Lipinski definition) is 1. The standard InChI is InChI=1S/C14H26N4/c1-17(10-11-18-7-2-3-8-18)9-6-14(12-15)16-13-4-5-13/h13-14,16H,2-11H2,1H3. The van der Waals surface area contributed by atoms with Crippen LogP contribution in [0.5, 0.6) is 0 Å². The molecule has 0 aromatic heterocycles. The summed E-state index contributed by atoms with van der Waals surface area (Å²) < 4.78 is 0. The van der Waals surface area contributed by atoms with Crippen LogP contribution in [0.4, 0.5) is 0 Å². The zero-order valence-electron chi connectivity index (χ0n) is 11.6. The Balaban J connectivity index is 1.54. The number of hydrogen-bond acceptors (Lipinski definition) is 4. The second-order valence-electron chi connectivity index (χ2n) is 5.76. The first-order chi connectivity index (χ1) is 8.78. The van der Waals surface area contributed by atoms with Gasteiger partial charge in [0.15, 0.2) is 0 Å². The smallest absolute Gasteiger partial charge is 0.0967 e. The molecule has 0 spiro atoms. The number of likely N-dealkylation sites (tertiary alicyclic amines) is 1. The predicted octanol–water partition coefficient (Wildman–Crippen LogP) is 1.05. The molecule has 0 aromatic carbocycles. The Labute approximate surface area is 111 Å². The van der Waals surface area contributed by atoms with Gasteiger partial charge in [-0.25, -0.2) is 0 Å². The fourth-order valence-electron chi connectivity index (χ4n) is 2.50. The summed E-state index contributed by atoms with van der Waals surface area (Å²) in [5, 5.41) is 12.5. The molecule has 4 heteroatoms. The molecular formula is C14H26N4. The molecule has 1 N–H and O–H groups in total. The molecular weight excluding hydrogens is 224 g/mol. The van der Waals surface area contributed by atoms with Gasteiger partial charge in [-0.3, -0.25) is 5.32 Å². The summed E-state index contributed by atoms with van der Waals surface area (Å²) in [5.74, 6) is 0. The van der Waals surface area contributed by atoms with E-state index in [9.17, 15) is 0 Å². The van der Waals surface area contributed by atoms with Gasteiger partial charge in [0.25, 0.3) is 0 Å². The molecule has 1 atom stereocenters. The normalized spacial score (nSPS) is 22.3. The monoisotopic (exact) mass is 250 g/mol. The van der Waals surface area contributed by atoms with Gasteiger partial charge in [0.2, 0.25) is 0 Å². The second kappa shape index (κ2) is 7.08. The molecule has 2 fully saturated rings. The van der Waals surface area contributed by atoms with Crippen LogP contribution in [0.15, 0.2) is 0 Å². The van der Waals surface area contributed by atoms with Gasteiger partial charge in [-0.2, -0.15) is 5.26 Å². The predicted molar refractivity (Wildman–Crippen MR) is 73.3 cm³/mol. The van der Waals surface area contributed by atoms with E-state index >= 15 is 0 Å². The van der Waals surface area contributed by atoms with Crippen molar-refractivity contribution in [1.82, 2.24) is 15.1 Å². The van der Waals surface area contributed by atoms with Crippen LogP contribution in [-0.2, 0) is 0 Å². The molecule has 4 nitrogen and oxygen atoms in total. The van der Waals surface area contributed by atoms with E-state index in [1.807, 2.05) is 0 Å². The van der Waals surface area contributed by atoms with Crippen LogP contribution < -0.4 is 5.32 Å². The summed E-state index contributed by atoms with van der Waals surface area (Å²) in [4.78, 5) is 4.90. The van der Waals surface area contributed by atoms with Crippen molar-refractivity contribution in [3.8, 4) is 6.07 Å². The van der Waals surface area contributed by atoms with E-state index in [0.717, 1.165) is 19.5 Å². The maximum atomic E-state index is 9.08. The summed E-state index contributed by atoms with van der Waals surface area (Å²) in [7, 11) is 2.17. The minimum Gasteiger partial charge on any atom is -0.305 e. The fourth-order valence-corrected chi connectivity index (χ4v) is 2.50. The third-order valence-electron chi connectivity index (χ3n) is 3.97. The summed E-state index contributed by atoms with van der Waals surface area (Å²) in [6, 6.07) is 3.05. The third-order valence-corrected chi connectivity index (χ3v) is 3.97. The number of likely N-dealkylation sites (N-methyl/N-ethyl adjacent to an activating group) is 1. The molecule has 1 heterocycles. The van der Waals surface area contributed by atoms with Gasteiger partial charge in [-0.05, 0) is 52.2 Å². The van der Waals surface area contributed by atoms with Crippen molar-refractivity contribution in [3.63, 3.8) is 0 Å². The molecule has 1 aliphatic heterocycles. The second-order valence-corrected chi connectivity index (χ2v) is 5.76. The lowest BCUT2D eigenvalue weighted by Crippen LogP contribution is -2.36. The molecule has 0 amide bonds. The minimum atomic E-state index is 0.0479. The van der Waals surface area contributed by atoms with Crippen LogP contribution in [0, 0.1) is 11.3 Å². The van der Waals surface area contributed by atoms with Crippen molar-refractivity contribution in [2.75, 3.05) is 39.8 Å². The van der Waals surface area contributed by atoms with E-state index in [1.54, 1.807) is 0 Å². The molecule has 1 unspecified atom stereocenters. The average Bonchev–Trinajstić information content (AvgIpc) is 3.04. The van der Waals surface area contributed by atoms with Crippen molar-refractivity contribution in [3.05, 3.63) is 0 Å². The lowest BCUT2D eigenvalue weighted by atomic mass is 10.2. The molecule has 102 valence electrons. The Hall–Kier alpha value is -0.630. The quantitative estimate of drug-likeness (QED) is 0.699. The molecule has 1 aliphatic carbocycles. The number of nitrogens with zero attached hydrogens (tertiary/aromatic N) is 3. The summed E-state index contributed by atoms with van der Waals surface area (Å²) in [6.45, 7) is 5.88. The Morgan fingerprint density at radius 3 is 2.67 bits per heavy atom. The van der Waals surface area contributed by atoms with Gasteiger partial charge < -0.3 is 9.80 Å². The van der Waals surface area contributed by atoms with Crippen LogP contribution in [0.1, 0.15) is 32.1 Å². The van der Waals surface area contributed by atoms with Crippen LogP contribution in [-0.4, -0.2) is 61.7 Å². The molecule has 2 aliphatic rings. The van der Waals surface area contributed by atoms with Gasteiger partial charge in [-0.15, -0.1) is 0 Å². The lowest BCUT2D eigenvalue weighted by Gasteiger charge is -2.22. The summed E-state index contributed by atoms with van der Waals surface area (Å²) in [5.41, 5.74) is 0. The van der Waals surface area contributed by atoms with Gasteiger partial charge >= 0.3 is 0 Å². The minimum absolute atomic E-state index is 0.0479. The van der Waals surface area contributed by atoms with Crippen LogP contribution in [0.3, 0.4) is 0 Å². The molecule has 2 rings (SSSR count). The van der Waals surface area contributed by atoms with E-state index in [4.69, 9.17) is 5.26 Å². The van der Waals surface area contributed by atoms with Gasteiger partial charge in [0.1, 0.15) is 0 Å². The molecule has 0 bridgehead atoms. The highest BCUT2D eigenvalue weighted by molar-refractivity contribution is 4.95. The summed E-state index contributed by atoms with van der Waals surface area (Å²) in [6.07, 6.45) is 6.19. The van der Waals surface area contributed by atoms with Crippen molar-refractivity contribution in [2.24, 2.45) is 0 Å². The molecule has 0 radical (unpaired) electrons. The highest BCUT2D eigenvalue weighted by Crippen LogP contribution is 2.19. The first kappa shape index (κ1) is 13.8. The zero-order chi connectivity index (χ0) is 12.8. The highest BCUT2D eigenvalue weighted by atomic mass is 15.2. The van der Waals surface area contributed by atoms with Crippen molar-refractivity contribution in [1.29, 1.82) is 5.26 Å². The van der Waals surface area contributed by atoms with Crippen LogP contribution >= 0.6 is 0 Å². The molecule has 18 heavy (non-hydrogen) atoms. The Morgan fingerprint density at radius 2 is 2.06 bits per heavy atom. The SMILES string of the molecule is CN(CCC(C#N)NC1CC1)CCN1CCCC1. The third kappa shape index (κ3) is 4.93. The van der Waals surface area contributed by atoms with E-state index in [1.165, 1.54) is 45.3 Å².